The van der Waals surface area contributed by atoms with Gasteiger partial charge in [0.25, 0.3) is 34.1 Å². The van der Waals surface area contributed by atoms with E-state index in [0.29, 0.717) is 152 Å². The summed E-state index contributed by atoms with van der Waals surface area (Å²) in [5.41, 5.74) is 22.2. The first-order valence-corrected chi connectivity index (χ1v) is 50.1. The number of rotatable bonds is 17. The van der Waals surface area contributed by atoms with Gasteiger partial charge in [-0.15, -0.1) is 12.4 Å². The number of nitrogens with zero attached hydrogens (tertiary/aromatic N) is 17. The highest BCUT2D eigenvalue weighted by Gasteiger charge is 2.52. The Labute approximate surface area is 877 Å². The molecule has 11 aromatic heterocycles. The Hall–Kier alpha value is -12.4. The van der Waals surface area contributed by atoms with E-state index < -0.39 is 18.3 Å². The second-order valence-corrected chi connectivity index (χ2v) is 43.1. The summed E-state index contributed by atoms with van der Waals surface area (Å²) in [5, 5.41) is 24.3. The van der Waals surface area contributed by atoms with E-state index in [0.717, 1.165) is 108 Å². The number of nitrogen functional groups attached to an aromatic ring is 1. The van der Waals surface area contributed by atoms with E-state index in [1.54, 1.807) is 148 Å². The molecule has 6 fully saturated rings. The number of aromatic nitrogens is 14. The van der Waals surface area contributed by atoms with Crippen molar-refractivity contribution in [3.63, 3.8) is 0 Å². The molecule has 5 saturated carbocycles. The van der Waals surface area contributed by atoms with E-state index in [-0.39, 0.29) is 75.3 Å². The fourth-order valence-corrected chi connectivity index (χ4v) is 19.4. The molecule has 2 amide bonds. The van der Waals surface area contributed by atoms with Gasteiger partial charge in [-0.05, 0) is 283 Å². The van der Waals surface area contributed by atoms with Gasteiger partial charge in [-0.1, -0.05) is 77.0 Å². The van der Waals surface area contributed by atoms with Crippen molar-refractivity contribution in [2.24, 2.45) is 50.7 Å². The average Bonchev–Trinajstić information content (AvgIpc) is 1.58. The van der Waals surface area contributed by atoms with Gasteiger partial charge in [-0.3, -0.25) is 53.6 Å². The number of aryl methyl sites for hydroxylation is 4. The molecule has 754 valence electrons. The van der Waals surface area contributed by atoms with Gasteiger partial charge in [0.2, 0.25) is 0 Å². The summed E-state index contributed by atoms with van der Waals surface area (Å²) in [6.45, 7) is 22.4. The first-order chi connectivity index (χ1) is 67.5. The van der Waals surface area contributed by atoms with E-state index in [4.69, 9.17) is 54.6 Å². The fourth-order valence-electron chi connectivity index (χ4n) is 17.3. The lowest BCUT2D eigenvalue weighted by molar-refractivity contribution is 0.00578. The lowest BCUT2D eigenvalue weighted by Crippen LogP contribution is -2.41. The van der Waals surface area contributed by atoms with E-state index in [9.17, 15) is 38.4 Å². The highest BCUT2D eigenvalue weighted by Crippen LogP contribution is 2.46. The van der Waals surface area contributed by atoms with Gasteiger partial charge in [-0.2, -0.15) is 5.26 Å². The van der Waals surface area contributed by atoms with Gasteiger partial charge < -0.3 is 64.1 Å². The number of aldehydes is 2. The summed E-state index contributed by atoms with van der Waals surface area (Å²) in [7, 11) is 6.31. The molecular formula is C104H118BBr3Cl3N23O10. The summed E-state index contributed by atoms with van der Waals surface area (Å²) in [6.07, 6.45) is 32.3. The number of amidine groups is 1. The normalized spacial score (nSPS) is 16.7. The molecule has 33 nitrogen and oxygen atoms in total. The second-order valence-electron chi connectivity index (χ2n) is 39.6. The van der Waals surface area contributed by atoms with Gasteiger partial charge >= 0.3 is 7.12 Å². The Kier molecular flexibility index (Phi) is 34.4. The Morgan fingerprint density at radius 3 is 1.44 bits per heavy atom. The minimum absolute atomic E-state index is 0. The molecule has 0 atom stereocenters. The molecule has 0 unspecified atom stereocenters. The molecule has 1 saturated heterocycles. The predicted octanol–water partition coefficient (Wildman–Crippen LogP) is 18.8. The van der Waals surface area contributed by atoms with Crippen molar-refractivity contribution in [3.05, 3.63) is 286 Å². The molecule has 144 heavy (non-hydrogen) atoms. The van der Waals surface area contributed by atoms with Gasteiger partial charge in [-0.25, -0.2) is 39.9 Å². The van der Waals surface area contributed by atoms with Crippen LogP contribution in [-0.2, 0) is 76.3 Å². The Morgan fingerprint density at radius 1 is 0.542 bits per heavy atom. The maximum Gasteiger partial charge on any atom is 0.496 e. The largest absolute Gasteiger partial charge is 0.496 e. The summed E-state index contributed by atoms with van der Waals surface area (Å²) in [4.78, 5) is 137. The molecule has 14 heterocycles. The van der Waals surface area contributed by atoms with Crippen molar-refractivity contribution in [1.82, 2.24) is 67.3 Å². The van der Waals surface area contributed by atoms with Gasteiger partial charge in [0.1, 0.15) is 86.1 Å². The second kappa shape index (κ2) is 45.5. The third kappa shape index (κ3) is 26.3. The quantitative estimate of drug-likeness (QED) is 0.0162. The smallest absolute Gasteiger partial charge is 0.399 e. The van der Waals surface area contributed by atoms with Crippen LogP contribution >= 0.6 is 83.4 Å². The number of hydrogen-bond acceptors (Lipinski definition) is 24. The van der Waals surface area contributed by atoms with Crippen molar-refractivity contribution >= 4 is 178 Å². The number of benzene rings is 1. The van der Waals surface area contributed by atoms with Crippen molar-refractivity contribution < 1.29 is 28.5 Å². The molecular weight excluding hydrogens is 2090 g/mol. The monoisotopic (exact) mass is 2200 g/mol. The lowest BCUT2D eigenvalue weighted by Gasteiger charge is -2.32. The number of anilines is 9. The number of carbonyl (C=O) groups excluding carboxylic acids is 4. The minimum Gasteiger partial charge on any atom is -0.399 e. The zero-order valence-electron chi connectivity index (χ0n) is 81.5. The topological polar surface area (TPSA) is 430 Å². The molecule has 8 N–H and O–H groups in total. The number of halogens is 6. The van der Waals surface area contributed by atoms with Crippen LogP contribution in [0.5, 0.6) is 0 Å². The highest BCUT2D eigenvalue weighted by atomic mass is 79.9. The van der Waals surface area contributed by atoms with Gasteiger partial charge in [0.15, 0.2) is 12.6 Å². The maximum absolute atomic E-state index is 13.7. The third-order valence-corrected chi connectivity index (χ3v) is 28.0. The van der Waals surface area contributed by atoms with Crippen LogP contribution in [0, 0.1) is 33.5 Å². The van der Waals surface area contributed by atoms with Crippen LogP contribution in [-0.4, -0.2) is 129 Å². The van der Waals surface area contributed by atoms with Crippen LogP contribution in [0.25, 0.3) is 11.1 Å². The number of nitrogens with two attached hydrogens (primary N) is 2. The first-order valence-electron chi connectivity index (χ1n) is 47.0. The van der Waals surface area contributed by atoms with Crippen molar-refractivity contribution in [2.45, 2.75) is 201 Å². The summed E-state index contributed by atoms with van der Waals surface area (Å²) >= 11 is 20.7. The van der Waals surface area contributed by atoms with Crippen LogP contribution in [0.4, 0.5) is 51.8 Å². The molecule has 3 aliphatic heterocycles. The van der Waals surface area contributed by atoms with Crippen molar-refractivity contribution in [2.75, 3.05) is 44.6 Å². The number of pyridine rings is 6. The van der Waals surface area contributed by atoms with Crippen LogP contribution in [0.3, 0.4) is 0 Å². The zero-order chi connectivity index (χ0) is 102. The van der Waals surface area contributed by atoms with Crippen molar-refractivity contribution in [1.29, 1.82) is 10.7 Å². The predicted molar refractivity (Wildman–Crippen MR) is 577 cm³/mol. The SMILES string of the molecule is C.C=C(Cl)C#N.CC1(C)Cc2cc3n(c2C1)CCN(c1nccc(Cl)c1C=O)C3=O.Cl.Cn1cc(-c2ccnc(N3CCn4c(cc5c4CC(C)(C)C5)C3=O)c2C=O)cc(Nc2cccc(C3CC3)c2)c1=O.Cn1cc(B2OC(C)(C)C(C)(C)O2)cc(Nc2ccnc(C3CC3)n2)c1=O.Cn1cc(Br)cc(Br)c1=O.Cn1cc(Br)cc(Nc2ccnc(C3CC3)n2)c1=O.N=C(N)C1CC1.Nc1ccnc(C2CC2)n1. The number of hydrogen-bond donors (Lipinski definition) is 6. The zero-order valence-corrected chi connectivity index (χ0v) is 88.6. The lowest BCUT2D eigenvalue weighted by atomic mass is 9.80. The number of nitriles is 1. The van der Waals surface area contributed by atoms with Crippen molar-refractivity contribution in [3.8, 4) is 17.2 Å². The van der Waals surface area contributed by atoms with Crippen LogP contribution in [0.15, 0.2) is 191 Å². The number of allylic oxidation sites excluding steroid dienone is 1. The molecule has 7 aliphatic carbocycles. The number of carbonyl (C=O) groups is 4. The maximum atomic E-state index is 13.7. The molecule has 22 rings (SSSR count). The number of nitrogens with one attached hydrogen (secondary N) is 4. The van der Waals surface area contributed by atoms with Crippen LogP contribution in [0.2, 0.25) is 5.02 Å². The highest BCUT2D eigenvalue weighted by molar-refractivity contribution is 9.11. The number of amides is 2. The van der Waals surface area contributed by atoms with E-state index in [1.807, 2.05) is 52.0 Å². The standard InChI is InChI=1S/C33H33N5O3.C19H25BN4O3.C18H18ClN3O2.C13H13BrN4O.C7H9N3.C6H5Br2NO.C4H8N2.C3H2ClN.CH4.ClH/c1-33(2)16-22-15-28-32(41)38(12-11-37(28)29(22)17-33)30-26(19-39)25(9-10-34-30)23-14-27(31(40)36(3)18-23)35-24-6-4-5-21(13-24)20-7-8-20;1-18(2)19(3,4)27-20(26-18)13-10-14(17(25)24(5)11-13)22-15-8-9-21-16(23-15)12-6-7-12;1-18(2)8-11-7-14-17(24)22(6-5-21(14)15(11)9-18)16-12(10-23)13(19)3-4-20-16;1-18-7-9(14)6-10(13(18)19)16-11-4-5-15-12(17-11)8-2-3-8;8-6-3-4-9-7(10-6)5-1-2-5;1-9-3-4(7)2-5(8)6(9)10;5-4(6)3-1-2-3;1-3(4)2-5;;/h4-6,9-10,13-15,18-20,35H,7-8,11-12,16-17H2,1-3H3;8-12H,6-7H2,1-5H3,(H,21,22,23);3-4,7,10H,5-6,8-9H2,1-2H3;4-8H,2-3H2,1H3,(H,15,16,17);3-5H,1-2H2,(H2,8,9,10);2-3H,1H3;3H,1-2H2,(H3,5,6);1H2;1H4;1H. The Balaban J connectivity index is 0.000000149. The van der Waals surface area contributed by atoms with Gasteiger partial charge in [0.05, 0.1) is 37.7 Å². The van der Waals surface area contributed by atoms with Crippen LogP contribution < -0.4 is 64.9 Å². The van der Waals surface area contributed by atoms with Crippen LogP contribution in [0.1, 0.15) is 238 Å². The van der Waals surface area contributed by atoms with E-state index in [1.165, 1.54) is 78.2 Å². The number of fused-ring (bicyclic) bond motifs is 6. The van der Waals surface area contributed by atoms with Gasteiger partial charge in [0, 0.05) is 171 Å². The molecule has 12 aromatic rings. The molecule has 0 spiro atoms. The molecule has 0 radical (unpaired) electrons. The molecule has 10 aliphatic rings. The summed E-state index contributed by atoms with van der Waals surface area (Å²) in [6, 6.07) is 29.4. The summed E-state index contributed by atoms with van der Waals surface area (Å²) in [5.74, 6) is 7.87. The molecule has 1 aromatic carbocycles. The molecule has 40 heteroatoms. The third-order valence-electron chi connectivity index (χ3n) is 26.1. The average molecular weight is 2210 g/mol. The van der Waals surface area contributed by atoms with E-state index in [2.05, 4.69) is 159 Å². The Morgan fingerprint density at radius 2 is 0.979 bits per heavy atom. The fraction of sp³-hybridized carbons (Fsp3) is 0.385. The Bertz CT molecular complexity index is 7170. The minimum atomic E-state index is -0.533. The summed E-state index contributed by atoms with van der Waals surface area (Å²) < 4.78 is 24.9. The van der Waals surface area contributed by atoms with E-state index >= 15 is 0 Å². The molecule has 0 bridgehead atoms. The first kappa shape index (κ1) is 109.